The summed E-state index contributed by atoms with van der Waals surface area (Å²) in [5.74, 6) is 5.55. The SMILES string of the molecule is Cc1cc(C)cc(Nc2nc(N(N)c3ccc(P(C)(C)=O)cc3)ncc2C(F)(F)F)c1. The van der Waals surface area contributed by atoms with Crippen LogP contribution in [0.15, 0.2) is 48.7 Å². The molecule has 0 aliphatic heterocycles. The molecule has 0 aliphatic rings. The van der Waals surface area contributed by atoms with Crippen molar-refractivity contribution in [2.45, 2.75) is 20.0 Å². The zero-order chi connectivity index (χ0) is 23.0. The van der Waals surface area contributed by atoms with Crippen molar-refractivity contribution in [1.29, 1.82) is 0 Å². The van der Waals surface area contributed by atoms with E-state index in [0.717, 1.165) is 16.1 Å². The van der Waals surface area contributed by atoms with Crippen LogP contribution >= 0.6 is 7.14 Å². The third-order valence-corrected chi connectivity index (χ3v) is 6.07. The number of anilines is 4. The van der Waals surface area contributed by atoms with Gasteiger partial charge in [0, 0.05) is 17.2 Å². The lowest BCUT2D eigenvalue weighted by Crippen LogP contribution is -2.28. The molecule has 2 aromatic carbocycles. The van der Waals surface area contributed by atoms with E-state index in [4.69, 9.17) is 5.84 Å². The zero-order valence-corrected chi connectivity index (χ0v) is 18.4. The Morgan fingerprint density at radius 3 is 2.13 bits per heavy atom. The predicted octanol–water partition coefficient (Wildman–Crippen LogP) is 5.12. The van der Waals surface area contributed by atoms with Crippen LogP contribution in [0.3, 0.4) is 0 Å². The van der Waals surface area contributed by atoms with Crippen LogP contribution in [0.25, 0.3) is 0 Å². The molecule has 0 saturated heterocycles. The third kappa shape index (κ3) is 5.42. The van der Waals surface area contributed by atoms with Crippen LogP contribution in [0.1, 0.15) is 16.7 Å². The maximum Gasteiger partial charge on any atom is 0.421 e. The van der Waals surface area contributed by atoms with Gasteiger partial charge in [0.25, 0.3) is 0 Å². The molecule has 0 unspecified atom stereocenters. The van der Waals surface area contributed by atoms with Crippen LogP contribution in [0.5, 0.6) is 0 Å². The molecular formula is C21H23F3N5OP. The van der Waals surface area contributed by atoms with Gasteiger partial charge in [0.1, 0.15) is 18.5 Å². The van der Waals surface area contributed by atoms with Crippen molar-refractivity contribution >= 4 is 35.6 Å². The molecule has 0 bridgehead atoms. The number of aryl methyl sites for hydroxylation is 2. The van der Waals surface area contributed by atoms with Gasteiger partial charge in [-0.2, -0.15) is 18.2 Å². The Kier molecular flexibility index (Phi) is 6.11. The van der Waals surface area contributed by atoms with Gasteiger partial charge in [0.15, 0.2) is 0 Å². The summed E-state index contributed by atoms with van der Waals surface area (Å²) in [7, 11) is -2.45. The van der Waals surface area contributed by atoms with E-state index in [9.17, 15) is 17.7 Å². The maximum atomic E-state index is 13.5. The summed E-state index contributed by atoms with van der Waals surface area (Å²) < 4.78 is 52.8. The Hall–Kier alpha value is -2.90. The van der Waals surface area contributed by atoms with Crippen LogP contribution in [0, 0.1) is 13.8 Å². The van der Waals surface area contributed by atoms with Gasteiger partial charge >= 0.3 is 6.18 Å². The lowest BCUT2D eigenvalue weighted by Gasteiger charge is -2.20. The first-order valence-corrected chi connectivity index (χ1v) is 11.9. The van der Waals surface area contributed by atoms with Crippen LogP contribution in [-0.2, 0) is 10.7 Å². The van der Waals surface area contributed by atoms with E-state index in [0.29, 0.717) is 22.9 Å². The van der Waals surface area contributed by atoms with Gasteiger partial charge < -0.3 is 9.88 Å². The van der Waals surface area contributed by atoms with Gasteiger partial charge in [0.05, 0.1) is 5.69 Å². The molecule has 3 aromatic rings. The van der Waals surface area contributed by atoms with Crippen LogP contribution in [0.2, 0.25) is 0 Å². The molecule has 0 fully saturated rings. The quantitative estimate of drug-likeness (QED) is 0.320. The number of halogens is 3. The molecule has 0 aliphatic carbocycles. The summed E-state index contributed by atoms with van der Waals surface area (Å²) in [6, 6.07) is 11.9. The normalized spacial score (nSPS) is 12.0. The predicted molar refractivity (Wildman–Crippen MR) is 118 cm³/mol. The van der Waals surface area contributed by atoms with Crippen molar-refractivity contribution in [1.82, 2.24) is 9.97 Å². The van der Waals surface area contributed by atoms with E-state index in [1.807, 2.05) is 19.9 Å². The molecule has 0 spiro atoms. The molecule has 0 amide bonds. The number of aromatic nitrogens is 2. The number of alkyl halides is 3. The highest BCUT2D eigenvalue weighted by Gasteiger charge is 2.35. The van der Waals surface area contributed by atoms with Crippen molar-refractivity contribution in [2.75, 3.05) is 23.7 Å². The number of nitrogens with two attached hydrogens (primary N) is 1. The molecule has 10 heteroatoms. The molecule has 31 heavy (non-hydrogen) atoms. The molecule has 0 saturated carbocycles. The fraction of sp³-hybridized carbons (Fsp3) is 0.238. The summed E-state index contributed by atoms with van der Waals surface area (Å²) in [5.41, 5.74) is 1.71. The van der Waals surface area contributed by atoms with Gasteiger partial charge in [-0.1, -0.05) is 6.07 Å². The molecule has 6 nitrogen and oxygen atoms in total. The Morgan fingerprint density at radius 1 is 1.03 bits per heavy atom. The van der Waals surface area contributed by atoms with Gasteiger partial charge in [0.2, 0.25) is 5.95 Å². The molecule has 1 aromatic heterocycles. The van der Waals surface area contributed by atoms with Crippen molar-refractivity contribution in [3.63, 3.8) is 0 Å². The van der Waals surface area contributed by atoms with Crippen LogP contribution in [-0.4, -0.2) is 23.3 Å². The topological polar surface area (TPSA) is 84.1 Å². The minimum atomic E-state index is -4.65. The zero-order valence-electron chi connectivity index (χ0n) is 17.5. The minimum absolute atomic E-state index is 0.121. The monoisotopic (exact) mass is 449 g/mol. The molecule has 3 N–H and O–H groups in total. The number of hydrogen-bond donors (Lipinski definition) is 2. The number of benzene rings is 2. The molecule has 164 valence electrons. The van der Waals surface area contributed by atoms with Gasteiger partial charge in [-0.25, -0.2) is 15.8 Å². The number of nitrogens with one attached hydrogen (secondary N) is 1. The highest BCUT2D eigenvalue weighted by Crippen LogP contribution is 2.37. The van der Waals surface area contributed by atoms with Crippen molar-refractivity contribution in [2.24, 2.45) is 5.84 Å². The lowest BCUT2D eigenvalue weighted by molar-refractivity contribution is -0.137. The molecule has 3 rings (SSSR count). The minimum Gasteiger partial charge on any atom is -0.340 e. The summed E-state index contributed by atoms with van der Waals surface area (Å²) in [4.78, 5) is 7.85. The first-order valence-electron chi connectivity index (χ1n) is 9.34. The van der Waals surface area contributed by atoms with Gasteiger partial charge in [-0.3, -0.25) is 0 Å². The van der Waals surface area contributed by atoms with Crippen molar-refractivity contribution in [3.8, 4) is 0 Å². The van der Waals surface area contributed by atoms with Gasteiger partial charge in [-0.15, -0.1) is 0 Å². The largest absolute Gasteiger partial charge is 0.421 e. The number of hydrogen-bond acceptors (Lipinski definition) is 6. The first kappa shape index (κ1) is 22.8. The van der Waals surface area contributed by atoms with Crippen molar-refractivity contribution in [3.05, 3.63) is 65.4 Å². The molecule has 0 radical (unpaired) electrons. The Labute approximate surface area is 178 Å². The molecular weight excluding hydrogens is 426 g/mol. The highest BCUT2D eigenvalue weighted by molar-refractivity contribution is 7.70. The number of hydrazine groups is 1. The number of rotatable bonds is 5. The average Bonchev–Trinajstić information content (AvgIpc) is 2.65. The van der Waals surface area contributed by atoms with E-state index in [2.05, 4.69) is 15.3 Å². The highest BCUT2D eigenvalue weighted by atomic mass is 31.2. The standard InChI is InChI=1S/C21H23F3N5OP/c1-13-9-14(2)11-15(10-13)27-19-18(21(22,23)24)12-26-20(28-19)29(25)16-5-7-17(8-6-16)31(3,4)30/h5-12H,25H2,1-4H3,(H,26,27,28). The Morgan fingerprint density at radius 2 is 1.61 bits per heavy atom. The second-order valence-electron chi connectivity index (χ2n) is 7.67. The second-order valence-corrected chi connectivity index (χ2v) is 10.9. The Balaban J connectivity index is 2.00. The summed E-state index contributed by atoms with van der Waals surface area (Å²) in [6.07, 6.45) is -3.95. The average molecular weight is 449 g/mol. The molecule has 1 heterocycles. The van der Waals surface area contributed by atoms with E-state index in [-0.39, 0.29) is 5.95 Å². The third-order valence-electron chi connectivity index (χ3n) is 4.53. The van der Waals surface area contributed by atoms with E-state index < -0.39 is 24.7 Å². The van der Waals surface area contributed by atoms with Crippen LogP contribution < -0.4 is 21.5 Å². The van der Waals surface area contributed by atoms with Crippen LogP contribution in [0.4, 0.5) is 36.3 Å². The second kappa shape index (κ2) is 8.32. The smallest absolute Gasteiger partial charge is 0.340 e. The number of nitrogens with zero attached hydrogens (tertiary/aromatic N) is 3. The lowest BCUT2D eigenvalue weighted by atomic mass is 10.1. The summed E-state index contributed by atoms with van der Waals surface area (Å²) in [6.45, 7) is 6.99. The summed E-state index contributed by atoms with van der Waals surface area (Å²) in [5, 5.41) is 4.48. The fourth-order valence-electron chi connectivity index (χ4n) is 3.06. The van der Waals surface area contributed by atoms with E-state index in [1.165, 1.54) is 0 Å². The first-order chi connectivity index (χ1) is 14.3. The molecule has 0 atom stereocenters. The van der Waals surface area contributed by atoms with E-state index >= 15 is 0 Å². The van der Waals surface area contributed by atoms with Crippen molar-refractivity contribution < 1.29 is 17.7 Å². The maximum absolute atomic E-state index is 13.5. The summed E-state index contributed by atoms with van der Waals surface area (Å²) >= 11 is 0. The van der Waals surface area contributed by atoms with Gasteiger partial charge in [-0.05, 0) is 74.7 Å². The fourth-order valence-corrected chi connectivity index (χ4v) is 3.93. The Bertz CT molecular complexity index is 1120. The van der Waals surface area contributed by atoms with E-state index in [1.54, 1.807) is 49.7 Å².